The third kappa shape index (κ3) is 5.40. The predicted molar refractivity (Wildman–Crippen MR) is 121 cm³/mol. The van der Waals surface area contributed by atoms with Gasteiger partial charge in [0.15, 0.2) is 11.5 Å². The number of benzene rings is 1. The molecule has 3 N–H and O–H groups in total. The van der Waals surface area contributed by atoms with Crippen LogP contribution in [0, 0.1) is 11.3 Å². The Bertz CT molecular complexity index is 1340. The molecule has 2 amide bonds. The maximum atomic E-state index is 13.0. The largest absolute Gasteiger partial charge is 0.463 e. The molecule has 0 aliphatic heterocycles. The second kappa shape index (κ2) is 8.75. The van der Waals surface area contributed by atoms with E-state index in [0.29, 0.717) is 35.1 Å². The number of carboxylic acid groups (broad SMARTS) is 1. The van der Waals surface area contributed by atoms with E-state index in [0.717, 1.165) is 4.68 Å². The third-order valence-corrected chi connectivity index (χ3v) is 5.27. The summed E-state index contributed by atoms with van der Waals surface area (Å²) in [6.45, 7) is 5.10. The number of para-hydroxylation sites is 1. The molecule has 12 nitrogen and oxygen atoms in total. The number of oxazole rings is 1. The lowest BCUT2D eigenvalue weighted by Gasteiger charge is -2.23. The molecule has 0 bridgehead atoms. The van der Waals surface area contributed by atoms with E-state index in [9.17, 15) is 19.6 Å². The van der Waals surface area contributed by atoms with Crippen LogP contribution in [0.2, 0.25) is 0 Å². The molecule has 0 saturated heterocycles. The first kappa shape index (κ1) is 23.7. The lowest BCUT2D eigenvalue weighted by molar-refractivity contribution is -0.123. The van der Waals surface area contributed by atoms with Crippen molar-refractivity contribution in [2.75, 3.05) is 0 Å². The van der Waals surface area contributed by atoms with Gasteiger partial charge in [0.1, 0.15) is 22.7 Å². The van der Waals surface area contributed by atoms with E-state index in [1.807, 2.05) is 0 Å². The fraction of sp³-hybridized carbons (Fsp3) is 0.391. The summed E-state index contributed by atoms with van der Waals surface area (Å²) in [6, 6.07) is 6.12. The number of nitriles is 1. The van der Waals surface area contributed by atoms with Crippen molar-refractivity contribution in [3.63, 3.8) is 0 Å². The monoisotopic (exact) mass is 480 g/mol. The molecule has 1 saturated carbocycles. The normalized spacial score (nSPS) is 15.1. The molecular weight excluding hydrogens is 456 g/mol. The third-order valence-electron chi connectivity index (χ3n) is 5.27. The zero-order chi connectivity index (χ0) is 25.4. The summed E-state index contributed by atoms with van der Waals surface area (Å²) in [7, 11) is 0. The number of carbonyl (C=O) groups is 3. The maximum Gasteiger partial charge on any atom is 0.432 e. The van der Waals surface area contributed by atoms with Gasteiger partial charge in [-0.05, 0) is 39.7 Å². The number of fused-ring (bicyclic) bond motifs is 1. The molecule has 1 atom stereocenters. The molecule has 3 aromatic rings. The van der Waals surface area contributed by atoms with Crippen molar-refractivity contribution in [2.24, 2.45) is 0 Å². The molecule has 0 radical (unpaired) electrons. The minimum Gasteiger partial charge on any atom is -0.463 e. The maximum absolute atomic E-state index is 13.0. The molecule has 2 aromatic heterocycles. The molecule has 0 spiro atoms. The predicted octanol–water partition coefficient (Wildman–Crippen LogP) is 2.83. The quantitative estimate of drug-likeness (QED) is 0.479. The van der Waals surface area contributed by atoms with Gasteiger partial charge in [0.05, 0.1) is 18.7 Å². The SMILES string of the molecule is CC(C)(C)OC(=O)NC(Cc1nc2c(-c3cnn(C(=O)O)c3)cccc2o1)C(=O)NC1(C#N)CC1. The summed E-state index contributed by atoms with van der Waals surface area (Å²) >= 11 is 0. The van der Waals surface area contributed by atoms with Crippen LogP contribution in [0.5, 0.6) is 0 Å². The molecule has 1 aliphatic carbocycles. The fourth-order valence-electron chi connectivity index (χ4n) is 3.43. The molecular formula is C23H24N6O6. The van der Waals surface area contributed by atoms with Crippen molar-refractivity contribution < 1.29 is 28.6 Å². The van der Waals surface area contributed by atoms with E-state index in [1.54, 1.807) is 39.0 Å². The number of hydrogen-bond donors (Lipinski definition) is 3. The van der Waals surface area contributed by atoms with Crippen molar-refractivity contribution in [3.05, 3.63) is 36.5 Å². The number of alkyl carbamates (subject to hydrolysis) is 1. The Kier molecular flexibility index (Phi) is 5.94. The van der Waals surface area contributed by atoms with E-state index in [4.69, 9.17) is 14.3 Å². The lowest BCUT2D eigenvalue weighted by Crippen LogP contribution is -2.52. The summed E-state index contributed by atoms with van der Waals surface area (Å²) in [5.41, 5.74) is 0.259. The average molecular weight is 480 g/mol. The number of hydrogen-bond acceptors (Lipinski definition) is 8. The van der Waals surface area contributed by atoms with Gasteiger partial charge in [-0.15, -0.1) is 0 Å². The first-order valence-corrected chi connectivity index (χ1v) is 10.9. The van der Waals surface area contributed by atoms with Crippen LogP contribution in [0.3, 0.4) is 0 Å². The van der Waals surface area contributed by atoms with Gasteiger partial charge in [-0.2, -0.15) is 15.0 Å². The van der Waals surface area contributed by atoms with Crippen LogP contribution in [-0.2, 0) is 16.0 Å². The van der Waals surface area contributed by atoms with E-state index in [-0.39, 0.29) is 12.3 Å². The van der Waals surface area contributed by atoms with Crippen LogP contribution < -0.4 is 10.6 Å². The van der Waals surface area contributed by atoms with Crippen LogP contribution in [0.1, 0.15) is 39.5 Å². The van der Waals surface area contributed by atoms with Gasteiger partial charge in [0.25, 0.3) is 0 Å². The number of nitrogens with zero attached hydrogens (tertiary/aromatic N) is 4. The zero-order valence-electron chi connectivity index (χ0n) is 19.4. The Balaban J connectivity index is 1.61. The van der Waals surface area contributed by atoms with Crippen LogP contribution in [0.15, 0.2) is 35.0 Å². The van der Waals surface area contributed by atoms with Crippen LogP contribution in [-0.4, -0.2) is 55.1 Å². The van der Waals surface area contributed by atoms with E-state index >= 15 is 0 Å². The Morgan fingerprint density at radius 1 is 1.34 bits per heavy atom. The molecule has 12 heteroatoms. The topological polar surface area (TPSA) is 172 Å². The number of carbonyl (C=O) groups excluding carboxylic acids is 2. The van der Waals surface area contributed by atoms with Gasteiger partial charge in [0.2, 0.25) is 5.91 Å². The van der Waals surface area contributed by atoms with Crippen molar-refractivity contribution in [2.45, 2.75) is 57.2 Å². The molecule has 35 heavy (non-hydrogen) atoms. The highest BCUT2D eigenvalue weighted by atomic mass is 16.6. The van der Waals surface area contributed by atoms with Gasteiger partial charge < -0.3 is 24.9 Å². The number of amides is 2. The molecule has 2 heterocycles. The molecule has 4 rings (SSSR count). The van der Waals surface area contributed by atoms with Crippen LogP contribution in [0.25, 0.3) is 22.2 Å². The highest BCUT2D eigenvalue weighted by molar-refractivity contribution is 5.91. The molecule has 182 valence electrons. The smallest absolute Gasteiger partial charge is 0.432 e. The highest BCUT2D eigenvalue weighted by Gasteiger charge is 2.46. The molecule has 1 unspecified atom stereocenters. The fourth-order valence-corrected chi connectivity index (χ4v) is 3.43. The van der Waals surface area contributed by atoms with Gasteiger partial charge in [0, 0.05) is 17.3 Å². The van der Waals surface area contributed by atoms with Gasteiger partial charge >= 0.3 is 12.2 Å². The first-order chi connectivity index (χ1) is 16.5. The summed E-state index contributed by atoms with van der Waals surface area (Å²) < 4.78 is 11.9. The van der Waals surface area contributed by atoms with E-state index in [1.165, 1.54) is 12.4 Å². The van der Waals surface area contributed by atoms with Crippen molar-refractivity contribution in [3.8, 4) is 17.2 Å². The first-order valence-electron chi connectivity index (χ1n) is 10.9. The molecule has 1 aliphatic rings. The number of rotatable bonds is 6. The minimum absolute atomic E-state index is 0.102. The number of ether oxygens (including phenoxy) is 1. The summed E-state index contributed by atoms with van der Waals surface area (Å²) in [6.07, 6.45) is 1.69. The van der Waals surface area contributed by atoms with Gasteiger partial charge in [-0.3, -0.25) is 4.79 Å². The standard InChI is InChI=1S/C23H24N6O6/c1-22(2,3)35-20(31)26-15(19(30)28-23(12-24)7-8-23)9-17-27-18-14(5-4-6-16(18)34-17)13-10-25-29(11-13)21(32)33/h4-6,10-11,15H,7-9H2,1-3H3,(H,26,31)(H,28,30)(H,32,33). The average Bonchev–Trinajstić information content (AvgIpc) is 3.18. The lowest BCUT2D eigenvalue weighted by atomic mass is 10.1. The second-order valence-corrected chi connectivity index (χ2v) is 9.30. The van der Waals surface area contributed by atoms with Crippen molar-refractivity contribution in [1.29, 1.82) is 5.26 Å². The Hall–Kier alpha value is -4.40. The molecule has 1 aromatic carbocycles. The van der Waals surface area contributed by atoms with E-state index < -0.39 is 35.3 Å². The Morgan fingerprint density at radius 3 is 2.69 bits per heavy atom. The Labute approximate surface area is 199 Å². The summed E-state index contributed by atoms with van der Waals surface area (Å²) in [4.78, 5) is 41.0. The van der Waals surface area contributed by atoms with Crippen LogP contribution in [0.4, 0.5) is 9.59 Å². The number of nitrogens with one attached hydrogen (secondary N) is 2. The van der Waals surface area contributed by atoms with Gasteiger partial charge in [-0.1, -0.05) is 12.1 Å². The second-order valence-electron chi connectivity index (χ2n) is 9.30. The summed E-state index contributed by atoms with van der Waals surface area (Å²) in [5, 5.41) is 27.5. The number of aromatic nitrogens is 3. The highest BCUT2D eigenvalue weighted by Crippen LogP contribution is 2.34. The van der Waals surface area contributed by atoms with Gasteiger partial charge in [-0.25, -0.2) is 14.6 Å². The molecule has 1 fully saturated rings. The van der Waals surface area contributed by atoms with Crippen LogP contribution >= 0.6 is 0 Å². The Morgan fingerprint density at radius 2 is 2.09 bits per heavy atom. The zero-order valence-corrected chi connectivity index (χ0v) is 19.4. The van der Waals surface area contributed by atoms with E-state index in [2.05, 4.69) is 26.8 Å². The van der Waals surface area contributed by atoms with Crippen molar-refractivity contribution in [1.82, 2.24) is 25.4 Å². The minimum atomic E-state index is -1.22. The van der Waals surface area contributed by atoms with Crippen molar-refractivity contribution >= 4 is 29.2 Å². The summed E-state index contributed by atoms with van der Waals surface area (Å²) in [5.74, 6) is -0.392.